The van der Waals surface area contributed by atoms with E-state index in [2.05, 4.69) is 5.32 Å². The van der Waals surface area contributed by atoms with Crippen molar-refractivity contribution in [3.63, 3.8) is 0 Å². The van der Waals surface area contributed by atoms with Crippen molar-refractivity contribution in [2.45, 2.75) is 12.8 Å². The molecular formula is C18H21FN2O3S. The molecule has 0 aliphatic heterocycles. The summed E-state index contributed by atoms with van der Waals surface area (Å²) in [6.07, 6.45) is 1.69. The zero-order valence-corrected chi connectivity index (χ0v) is 14.8. The first-order chi connectivity index (χ1) is 11.8. The van der Waals surface area contributed by atoms with Gasteiger partial charge in [-0.3, -0.25) is 4.79 Å². The molecule has 0 atom stereocenters. The number of carbonyl (C=O) groups excluding carboxylic acids is 1. The lowest BCUT2D eigenvalue weighted by atomic mass is 10.1. The monoisotopic (exact) mass is 364 g/mol. The summed E-state index contributed by atoms with van der Waals surface area (Å²) < 4.78 is 38.2. The van der Waals surface area contributed by atoms with E-state index in [0.29, 0.717) is 18.7 Å². The Kier molecular flexibility index (Phi) is 6.66. The predicted octanol–water partition coefficient (Wildman–Crippen LogP) is 2.66. The molecule has 0 saturated heterocycles. The molecule has 5 nitrogen and oxygen atoms in total. The fourth-order valence-corrected chi connectivity index (χ4v) is 3.20. The van der Waals surface area contributed by atoms with Gasteiger partial charge in [0.2, 0.25) is 15.9 Å². The zero-order chi connectivity index (χ0) is 18.3. The maximum absolute atomic E-state index is 13.1. The molecule has 2 rings (SSSR count). The van der Waals surface area contributed by atoms with Crippen molar-refractivity contribution in [3.8, 4) is 0 Å². The molecule has 0 radical (unpaired) electrons. The molecule has 2 aromatic carbocycles. The van der Waals surface area contributed by atoms with E-state index < -0.39 is 15.8 Å². The number of hydrogen-bond donors (Lipinski definition) is 1. The standard InChI is InChI=1S/C18H21FN2O3S/c1-25(23,24)21(12-10-15-6-3-2-4-7-15)13-11-18(22)20-17-9-5-8-16(19)14-17/h2-9,14H,10-13H2,1H3,(H,20,22). The summed E-state index contributed by atoms with van der Waals surface area (Å²) in [5.41, 5.74) is 1.38. The number of benzene rings is 2. The van der Waals surface area contributed by atoms with Crippen LogP contribution in [0.3, 0.4) is 0 Å². The van der Waals surface area contributed by atoms with Crippen LogP contribution >= 0.6 is 0 Å². The summed E-state index contributed by atoms with van der Waals surface area (Å²) in [5, 5.41) is 2.56. The summed E-state index contributed by atoms with van der Waals surface area (Å²) in [7, 11) is -3.42. The molecule has 0 aromatic heterocycles. The van der Waals surface area contributed by atoms with Crippen LogP contribution in [0, 0.1) is 5.82 Å². The third-order valence-electron chi connectivity index (χ3n) is 3.66. The van der Waals surface area contributed by atoms with E-state index in [0.717, 1.165) is 11.8 Å². The van der Waals surface area contributed by atoms with Crippen LogP contribution in [0.5, 0.6) is 0 Å². The first-order valence-corrected chi connectivity index (χ1v) is 9.74. The van der Waals surface area contributed by atoms with Gasteiger partial charge in [0.1, 0.15) is 5.82 Å². The van der Waals surface area contributed by atoms with Crippen LogP contribution in [0.2, 0.25) is 0 Å². The highest BCUT2D eigenvalue weighted by molar-refractivity contribution is 7.88. The first-order valence-electron chi connectivity index (χ1n) is 7.89. The maximum Gasteiger partial charge on any atom is 0.225 e. The number of sulfonamides is 1. The molecule has 1 N–H and O–H groups in total. The van der Waals surface area contributed by atoms with Gasteiger partial charge in [0.05, 0.1) is 6.26 Å². The summed E-state index contributed by atoms with van der Waals surface area (Å²) in [6, 6.07) is 15.1. The van der Waals surface area contributed by atoms with Crippen LogP contribution in [-0.2, 0) is 21.2 Å². The second-order valence-corrected chi connectivity index (χ2v) is 7.69. The number of nitrogens with one attached hydrogen (secondary N) is 1. The Labute approximate surface area is 147 Å². The van der Waals surface area contributed by atoms with Gasteiger partial charge in [0, 0.05) is 25.2 Å². The minimum Gasteiger partial charge on any atom is -0.326 e. The molecule has 1 amide bonds. The highest BCUT2D eigenvalue weighted by atomic mass is 32.2. The topological polar surface area (TPSA) is 66.5 Å². The minimum atomic E-state index is -3.42. The molecule has 0 aliphatic rings. The van der Waals surface area contributed by atoms with Gasteiger partial charge < -0.3 is 5.32 Å². The Bertz CT molecular complexity index is 810. The van der Waals surface area contributed by atoms with E-state index in [1.165, 1.54) is 22.5 Å². The lowest BCUT2D eigenvalue weighted by molar-refractivity contribution is -0.116. The molecule has 0 bridgehead atoms. The van der Waals surface area contributed by atoms with Crippen molar-refractivity contribution in [2.24, 2.45) is 0 Å². The average Bonchev–Trinajstić information content (AvgIpc) is 2.54. The Morgan fingerprint density at radius 2 is 1.80 bits per heavy atom. The molecular weight excluding hydrogens is 343 g/mol. The summed E-state index contributed by atoms with van der Waals surface area (Å²) in [6.45, 7) is 0.378. The Hall–Kier alpha value is -2.25. The molecule has 0 fully saturated rings. The summed E-state index contributed by atoms with van der Waals surface area (Å²) in [4.78, 5) is 12.0. The second-order valence-electron chi connectivity index (χ2n) is 5.71. The zero-order valence-electron chi connectivity index (χ0n) is 14.0. The fourth-order valence-electron chi connectivity index (χ4n) is 2.36. The van der Waals surface area contributed by atoms with Crippen molar-refractivity contribution in [2.75, 3.05) is 24.7 Å². The number of hydrogen-bond acceptors (Lipinski definition) is 3. The Balaban J connectivity index is 1.90. The van der Waals surface area contributed by atoms with E-state index in [1.807, 2.05) is 30.3 Å². The fraction of sp³-hybridized carbons (Fsp3) is 0.278. The van der Waals surface area contributed by atoms with Crippen LogP contribution in [0.25, 0.3) is 0 Å². The SMILES string of the molecule is CS(=O)(=O)N(CCC(=O)Nc1cccc(F)c1)CCc1ccccc1. The van der Waals surface area contributed by atoms with Gasteiger partial charge in [0.15, 0.2) is 0 Å². The Morgan fingerprint density at radius 1 is 1.08 bits per heavy atom. The third-order valence-corrected chi connectivity index (χ3v) is 4.96. The second kappa shape index (κ2) is 8.73. The van der Waals surface area contributed by atoms with Gasteiger partial charge in [-0.05, 0) is 30.2 Å². The van der Waals surface area contributed by atoms with E-state index in [9.17, 15) is 17.6 Å². The molecule has 0 aliphatic carbocycles. The van der Waals surface area contributed by atoms with Crippen molar-refractivity contribution in [1.82, 2.24) is 4.31 Å². The van der Waals surface area contributed by atoms with E-state index >= 15 is 0 Å². The molecule has 0 saturated carbocycles. The van der Waals surface area contributed by atoms with Gasteiger partial charge in [-0.2, -0.15) is 0 Å². The normalized spacial score (nSPS) is 11.5. The van der Waals surface area contributed by atoms with Crippen molar-refractivity contribution in [1.29, 1.82) is 0 Å². The highest BCUT2D eigenvalue weighted by Crippen LogP contribution is 2.10. The minimum absolute atomic E-state index is 0.00161. The summed E-state index contributed by atoms with van der Waals surface area (Å²) in [5.74, 6) is -0.808. The van der Waals surface area contributed by atoms with Crippen LogP contribution < -0.4 is 5.32 Å². The van der Waals surface area contributed by atoms with Crippen molar-refractivity contribution in [3.05, 3.63) is 66.0 Å². The van der Waals surface area contributed by atoms with Crippen LogP contribution in [0.4, 0.5) is 10.1 Å². The lowest BCUT2D eigenvalue weighted by Gasteiger charge is -2.19. The maximum atomic E-state index is 13.1. The van der Waals surface area contributed by atoms with Crippen LogP contribution in [0.1, 0.15) is 12.0 Å². The highest BCUT2D eigenvalue weighted by Gasteiger charge is 2.17. The average molecular weight is 364 g/mol. The van der Waals surface area contributed by atoms with Gasteiger partial charge in [-0.1, -0.05) is 36.4 Å². The molecule has 134 valence electrons. The number of rotatable bonds is 8. The number of anilines is 1. The van der Waals surface area contributed by atoms with Gasteiger partial charge in [-0.15, -0.1) is 0 Å². The lowest BCUT2D eigenvalue weighted by Crippen LogP contribution is -2.34. The summed E-state index contributed by atoms with van der Waals surface area (Å²) >= 11 is 0. The molecule has 2 aromatic rings. The van der Waals surface area contributed by atoms with Crippen molar-refractivity contribution >= 4 is 21.6 Å². The number of nitrogens with zero attached hydrogens (tertiary/aromatic N) is 1. The van der Waals surface area contributed by atoms with E-state index in [4.69, 9.17) is 0 Å². The van der Waals surface area contributed by atoms with E-state index in [-0.39, 0.29) is 18.9 Å². The Morgan fingerprint density at radius 3 is 2.44 bits per heavy atom. The number of halogens is 1. The quantitative estimate of drug-likeness (QED) is 0.783. The van der Waals surface area contributed by atoms with Gasteiger partial charge >= 0.3 is 0 Å². The van der Waals surface area contributed by atoms with Gasteiger partial charge in [-0.25, -0.2) is 17.1 Å². The smallest absolute Gasteiger partial charge is 0.225 e. The first kappa shape index (κ1) is 19.1. The predicted molar refractivity (Wildman–Crippen MR) is 96.2 cm³/mol. The molecule has 0 heterocycles. The third kappa shape index (κ3) is 6.64. The molecule has 0 unspecified atom stereocenters. The van der Waals surface area contributed by atoms with E-state index in [1.54, 1.807) is 6.07 Å². The number of carbonyl (C=O) groups is 1. The molecule has 25 heavy (non-hydrogen) atoms. The molecule has 0 spiro atoms. The number of amides is 1. The largest absolute Gasteiger partial charge is 0.326 e. The van der Waals surface area contributed by atoms with Gasteiger partial charge in [0.25, 0.3) is 0 Å². The molecule has 7 heteroatoms. The van der Waals surface area contributed by atoms with Crippen LogP contribution in [-0.4, -0.2) is 38.0 Å². The van der Waals surface area contributed by atoms with Crippen LogP contribution in [0.15, 0.2) is 54.6 Å². The van der Waals surface area contributed by atoms with Crippen molar-refractivity contribution < 1.29 is 17.6 Å².